The van der Waals surface area contributed by atoms with E-state index in [0.717, 1.165) is 11.1 Å². The predicted molar refractivity (Wildman–Crippen MR) is 136 cm³/mol. The quantitative estimate of drug-likeness (QED) is 0.257. The lowest BCUT2D eigenvalue weighted by atomic mass is 10.1. The summed E-state index contributed by atoms with van der Waals surface area (Å²) in [4.78, 5) is 34.5. The lowest BCUT2D eigenvalue weighted by molar-refractivity contribution is -0.156. The van der Waals surface area contributed by atoms with E-state index in [0.29, 0.717) is 30.2 Å². The zero-order chi connectivity index (χ0) is 28.6. The largest absolute Gasteiger partial charge is 0.478 e. The number of aromatic carboxylic acids is 1. The maximum atomic E-state index is 13.3. The number of carbonyl (C=O) groups excluding carboxylic acids is 1. The van der Waals surface area contributed by atoms with Crippen LogP contribution >= 0.6 is 23.2 Å². The molecule has 1 aromatic heterocycles. The van der Waals surface area contributed by atoms with E-state index in [1.807, 2.05) is 18.9 Å². The number of rotatable bonds is 8. The molecule has 0 aliphatic rings. The van der Waals surface area contributed by atoms with E-state index in [2.05, 4.69) is 0 Å². The van der Waals surface area contributed by atoms with Gasteiger partial charge in [0.2, 0.25) is 6.29 Å². The second-order valence-corrected chi connectivity index (χ2v) is 9.11. The second-order valence-electron chi connectivity index (χ2n) is 8.30. The van der Waals surface area contributed by atoms with Crippen molar-refractivity contribution in [2.75, 3.05) is 7.05 Å². The number of carboxylic acid groups (broad SMARTS) is 1. The molecule has 0 aliphatic heterocycles. The van der Waals surface area contributed by atoms with E-state index in [1.54, 1.807) is 28.8 Å². The highest BCUT2D eigenvalue weighted by Crippen LogP contribution is 2.25. The van der Waals surface area contributed by atoms with Crippen molar-refractivity contribution in [3.8, 4) is 0 Å². The molecule has 3 aromatic rings. The van der Waals surface area contributed by atoms with Gasteiger partial charge in [0, 0.05) is 19.1 Å². The van der Waals surface area contributed by atoms with Crippen LogP contribution in [0.25, 0.3) is 0 Å². The second kappa shape index (κ2) is 13.5. The van der Waals surface area contributed by atoms with E-state index in [9.17, 15) is 27.2 Å². The smallest absolute Gasteiger partial charge is 0.446 e. The summed E-state index contributed by atoms with van der Waals surface area (Å²) in [5.41, 5.74) is 2.31. The Labute approximate surface area is 226 Å². The van der Waals surface area contributed by atoms with Crippen molar-refractivity contribution in [1.82, 2.24) is 9.47 Å². The molecule has 0 aliphatic carbocycles. The van der Waals surface area contributed by atoms with Crippen LogP contribution in [0, 0.1) is 5.82 Å². The Morgan fingerprint density at radius 3 is 2.13 bits per heavy atom. The Hall–Kier alpha value is -3.21. The van der Waals surface area contributed by atoms with Crippen molar-refractivity contribution < 1.29 is 32.3 Å². The van der Waals surface area contributed by atoms with Gasteiger partial charge in [0.15, 0.2) is 0 Å². The van der Waals surface area contributed by atoms with E-state index in [-0.39, 0.29) is 28.0 Å². The molecule has 6 nitrogen and oxygen atoms in total. The first-order chi connectivity index (χ1) is 17.7. The Morgan fingerprint density at radius 2 is 1.63 bits per heavy atom. The van der Waals surface area contributed by atoms with Crippen LogP contribution in [-0.4, -0.2) is 40.1 Å². The molecule has 204 valence electrons. The maximum Gasteiger partial charge on any atom is 0.446 e. The SMILES string of the molecule is CC(c1ccc(F)cc1)N(C)Cc1c(Cl)cc(Cl)c(=O)n1CCc1ccc(C(=O)O)cc1.O=CC(F)(F)F. The number of hydrogen-bond acceptors (Lipinski definition) is 4. The molecule has 1 atom stereocenters. The molecule has 0 radical (unpaired) electrons. The summed E-state index contributed by atoms with van der Waals surface area (Å²) in [6, 6.07) is 14.2. The summed E-state index contributed by atoms with van der Waals surface area (Å²) in [5.74, 6) is -1.29. The van der Waals surface area contributed by atoms with Gasteiger partial charge in [-0.15, -0.1) is 0 Å². The number of carbonyl (C=O) groups is 2. The molecule has 0 saturated carbocycles. The minimum atomic E-state index is -4.64. The first-order valence-corrected chi connectivity index (χ1v) is 11.9. The van der Waals surface area contributed by atoms with E-state index < -0.39 is 18.4 Å². The number of aldehydes is 1. The van der Waals surface area contributed by atoms with Crippen LogP contribution in [0.15, 0.2) is 59.4 Å². The standard InChI is InChI=1S/C24H23Cl2FN2O3.C2HF3O/c1-15(17-7-9-19(27)10-8-17)28(2)14-22-20(25)13-21(26)23(30)29(22)12-11-16-3-5-18(6-4-16)24(31)32;3-2(4,5)1-6/h3-10,13,15H,11-12,14H2,1-2H3,(H,31,32);1H. The van der Waals surface area contributed by atoms with Crippen molar-refractivity contribution in [3.05, 3.63) is 103 Å². The Balaban J connectivity index is 0.000000757. The third-order valence-corrected chi connectivity index (χ3v) is 6.27. The Bertz CT molecular complexity index is 1310. The van der Waals surface area contributed by atoms with Gasteiger partial charge in [-0.2, -0.15) is 13.2 Å². The number of aryl methyl sites for hydroxylation is 1. The highest BCUT2D eigenvalue weighted by molar-refractivity contribution is 6.34. The van der Waals surface area contributed by atoms with Crippen molar-refractivity contribution in [2.24, 2.45) is 0 Å². The van der Waals surface area contributed by atoms with Gasteiger partial charge in [0.1, 0.15) is 10.8 Å². The molecule has 0 bridgehead atoms. The van der Waals surface area contributed by atoms with Crippen LogP contribution in [-0.2, 0) is 24.3 Å². The lowest BCUT2D eigenvalue weighted by Gasteiger charge is -2.27. The number of carboxylic acids is 1. The minimum absolute atomic E-state index is 0.0363. The lowest BCUT2D eigenvalue weighted by Crippen LogP contribution is -2.30. The normalized spacial score (nSPS) is 12.0. The molecule has 2 aromatic carbocycles. The molecule has 1 heterocycles. The number of benzene rings is 2. The van der Waals surface area contributed by atoms with E-state index >= 15 is 0 Å². The fourth-order valence-electron chi connectivity index (χ4n) is 3.46. The summed E-state index contributed by atoms with van der Waals surface area (Å²) in [5, 5.41) is 9.46. The third-order valence-electron chi connectivity index (χ3n) is 5.68. The summed E-state index contributed by atoms with van der Waals surface area (Å²) < 4.78 is 46.1. The molecule has 12 heteroatoms. The monoisotopic (exact) mass is 574 g/mol. The molecule has 0 saturated heterocycles. The number of nitrogens with zero attached hydrogens (tertiary/aromatic N) is 2. The molecule has 3 rings (SSSR count). The molecule has 38 heavy (non-hydrogen) atoms. The van der Waals surface area contributed by atoms with Gasteiger partial charge in [0.25, 0.3) is 5.56 Å². The van der Waals surface area contributed by atoms with Gasteiger partial charge in [-0.3, -0.25) is 14.5 Å². The highest BCUT2D eigenvalue weighted by atomic mass is 35.5. The molecule has 0 fully saturated rings. The number of pyridine rings is 1. The van der Waals surface area contributed by atoms with Gasteiger partial charge in [-0.1, -0.05) is 47.5 Å². The first-order valence-electron chi connectivity index (χ1n) is 11.1. The number of hydrogen-bond donors (Lipinski definition) is 1. The molecule has 0 spiro atoms. The van der Waals surface area contributed by atoms with E-state index in [1.165, 1.54) is 30.3 Å². The van der Waals surface area contributed by atoms with Gasteiger partial charge < -0.3 is 9.67 Å². The zero-order valence-corrected chi connectivity index (χ0v) is 21.8. The van der Waals surface area contributed by atoms with Crippen LogP contribution in [0.1, 0.15) is 40.1 Å². The number of halogens is 6. The Morgan fingerprint density at radius 1 is 1.08 bits per heavy atom. The van der Waals surface area contributed by atoms with Crippen LogP contribution in [0.5, 0.6) is 0 Å². The number of aromatic nitrogens is 1. The molecule has 0 amide bonds. The predicted octanol–water partition coefficient (Wildman–Crippen LogP) is 6.18. The van der Waals surface area contributed by atoms with Crippen LogP contribution in [0.4, 0.5) is 17.6 Å². The fourth-order valence-corrected chi connectivity index (χ4v) is 4.00. The first kappa shape index (κ1) is 31.0. The summed E-state index contributed by atoms with van der Waals surface area (Å²) in [6.45, 7) is 2.70. The maximum absolute atomic E-state index is 13.3. The topological polar surface area (TPSA) is 79.6 Å². The molecular weight excluding hydrogens is 551 g/mol. The van der Waals surface area contributed by atoms with Crippen molar-refractivity contribution in [3.63, 3.8) is 0 Å². The van der Waals surface area contributed by atoms with Crippen LogP contribution < -0.4 is 5.56 Å². The molecule has 1 N–H and O–H groups in total. The number of alkyl halides is 3. The fraction of sp³-hybridized carbons (Fsp3) is 0.269. The average molecular weight is 575 g/mol. The minimum Gasteiger partial charge on any atom is -0.478 e. The summed E-state index contributed by atoms with van der Waals surface area (Å²) in [7, 11) is 1.90. The van der Waals surface area contributed by atoms with Crippen molar-refractivity contribution in [1.29, 1.82) is 0 Å². The third kappa shape index (κ3) is 8.97. The molecule has 1 unspecified atom stereocenters. The summed E-state index contributed by atoms with van der Waals surface area (Å²) >= 11 is 12.6. The van der Waals surface area contributed by atoms with Gasteiger partial charge in [0.05, 0.1) is 16.3 Å². The van der Waals surface area contributed by atoms with Gasteiger partial charge >= 0.3 is 12.1 Å². The molecular formula is C26H24Cl2F4N2O4. The van der Waals surface area contributed by atoms with Gasteiger partial charge in [-0.25, -0.2) is 9.18 Å². The Kier molecular flexibility index (Phi) is 11.1. The van der Waals surface area contributed by atoms with Crippen molar-refractivity contribution in [2.45, 2.75) is 38.7 Å². The summed E-state index contributed by atoms with van der Waals surface area (Å²) in [6.07, 6.45) is -5.20. The van der Waals surface area contributed by atoms with Crippen LogP contribution in [0.3, 0.4) is 0 Å². The average Bonchev–Trinajstić information content (AvgIpc) is 2.87. The van der Waals surface area contributed by atoms with Crippen LogP contribution in [0.2, 0.25) is 10.0 Å². The van der Waals surface area contributed by atoms with Gasteiger partial charge in [-0.05, 0) is 61.9 Å². The van der Waals surface area contributed by atoms with Crippen molar-refractivity contribution >= 4 is 35.5 Å². The van der Waals surface area contributed by atoms with E-state index in [4.69, 9.17) is 33.1 Å². The highest BCUT2D eigenvalue weighted by Gasteiger charge is 2.25. The zero-order valence-electron chi connectivity index (χ0n) is 20.3.